The van der Waals surface area contributed by atoms with Gasteiger partial charge in [0.15, 0.2) is 25.2 Å². The first-order chi connectivity index (χ1) is 21.2. The third kappa shape index (κ3) is 7.91. The van der Waals surface area contributed by atoms with E-state index in [0.717, 1.165) is 0 Å². The summed E-state index contributed by atoms with van der Waals surface area (Å²) in [4.78, 5) is 0. The molecule has 4 aliphatic rings. The summed E-state index contributed by atoms with van der Waals surface area (Å²) in [5, 5.41) is 141. The lowest BCUT2D eigenvalue weighted by Crippen LogP contribution is -2.63. The number of hydrogen-bond donors (Lipinski definition) is 14. The van der Waals surface area contributed by atoms with Crippen molar-refractivity contribution in [3.8, 4) is 0 Å². The van der Waals surface area contributed by atoms with E-state index in [4.69, 9.17) is 33.2 Å². The Labute approximate surface area is 254 Å². The second kappa shape index (κ2) is 15.6. The zero-order chi connectivity index (χ0) is 33.3. The van der Waals surface area contributed by atoms with Crippen LogP contribution in [0.5, 0.6) is 0 Å². The predicted octanol–water partition coefficient (Wildman–Crippen LogP) is -9.75. The molecule has 0 amide bonds. The SMILES string of the molecule is OC[C@H]1O[C@@H](OC[C@H]2O[C@@H](OC[C@H]3O[C@@H](OC[C@H]4OC(O)[C@H](O)[C@@H](O)[C@H]4O)[C@H](O)[C@@H](O)[C@H]3O)[C@H](O)[C@@H](O)[C@H]2O)[C@H](O)[C@@H](O)[C@@H]1O. The van der Waals surface area contributed by atoms with Gasteiger partial charge in [-0.1, -0.05) is 0 Å². The number of rotatable bonds is 10. The molecule has 0 aromatic rings. The maximum atomic E-state index is 10.4. The third-order valence-electron chi connectivity index (χ3n) is 8.15. The summed E-state index contributed by atoms with van der Waals surface area (Å²) in [5.41, 5.74) is 0. The molecular formula is C24H42O21. The summed E-state index contributed by atoms with van der Waals surface area (Å²) in [5.74, 6) is 0. The van der Waals surface area contributed by atoms with Crippen LogP contribution in [0.3, 0.4) is 0 Å². The van der Waals surface area contributed by atoms with Gasteiger partial charge in [-0.05, 0) is 0 Å². The minimum Gasteiger partial charge on any atom is -0.394 e. The van der Waals surface area contributed by atoms with Crippen molar-refractivity contribution in [1.82, 2.24) is 0 Å². The molecule has 264 valence electrons. The molecule has 4 fully saturated rings. The highest BCUT2D eigenvalue weighted by Gasteiger charge is 2.50. The van der Waals surface area contributed by atoms with Gasteiger partial charge >= 0.3 is 0 Å². The van der Waals surface area contributed by atoms with Crippen LogP contribution in [0.15, 0.2) is 0 Å². The normalized spacial score (nSPS) is 52.9. The zero-order valence-corrected chi connectivity index (χ0v) is 23.5. The number of ether oxygens (including phenoxy) is 7. The van der Waals surface area contributed by atoms with Crippen LogP contribution in [-0.4, -0.2) is 221 Å². The molecular weight excluding hydrogens is 624 g/mol. The Morgan fingerprint density at radius 1 is 0.333 bits per heavy atom. The molecule has 4 saturated heterocycles. The molecule has 0 aromatic heterocycles. The van der Waals surface area contributed by atoms with Crippen LogP contribution >= 0.6 is 0 Å². The van der Waals surface area contributed by atoms with Gasteiger partial charge in [0, 0.05) is 0 Å². The van der Waals surface area contributed by atoms with Crippen LogP contribution in [0.2, 0.25) is 0 Å². The van der Waals surface area contributed by atoms with E-state index in [2.05, 4.69) is 0 Å². The minimum atomic E-state index is -1.88. The van der Waals surface area contributed by atoms with Crippen molar-refractivity contribution in [3.05, 3.63) is 0 Å². The zero-order valence-electron chi connectivity index (χ0n) is 23.5. The fourth-order valence-corrected chi connectivity index (χ4v) is 5.23. The number of aliphatic hydroxyl groups is 14. The Morgan fingerprint density at radius 2 is 0.622 bits per heavy atom. The molecule has 0 spiro atoms. The number of aliphatic hydroxyl groups excluding tert-OH is 14. The van der Waals surface area contributed by atoms with Crippen molar-refractivity contribution in [2.24, 2.45) is 0 Å². The van der Waals surface area contributed by atoms with Crippen molar-refractivity contribution >= 4 is 0 Å². The average Bonchev–Trinajstić information content (AvgIpc) is 3.02. The first-order valence-electron chi connectivity index (χ1n) is 14.1. The summed E-state index contributed by atoms with van der Waals surface area (Å²) >= 11 is 0. The minimum absolute atomic E-state index is 0.633. The molecule has 0 aromatic carbocycles. The monoisotopic (exact) mass is 666 g/mol. The van der Waals surface area contributed by atoms with Gasteiger partial charge in [0.25, 0.3) is 0 Å². The second-order valence-corrected chi connectivity index (χ2v) is 11.3. The van der Waals surface area contributed by atoms with Gasteiger partial charge in [-0.15, -0.1) is 0 Å². The van der Waals surface area contributed by atoms with Crippen LogP contribution < -0.4 is 0 Å². The van der Waals surface area contributed by atoms with E-state index in [9.17, 15) is 71.5 Å². The smallest absolute Gasteiger partial charge is 0.186 e. The molecule has 4 rings (SSSR count). The maximum absolute atomic E-state index is 10.4. The van der Waals surface area contributed by atoms with Crippen LogP contribution in [0.4, 0.5) is 0 Å². The molecule has 0 radical (unpaired) electrons. The summed E-state index contributed by atoms with van der Waals surface area (Å²) in [6.45, 7) is -2.67. The lowest BCUT2D eigenvalue weighted by molar-refractivity contribution is -0.346. The molecule has 1 unspecified atom stereocenters. The van der Waals surface area contributed by atoms with Crippen LogP contribution in [0.1, 0.15) is 0 Å². The molecule has 0 saturated carbocycles. The standard InChI is InChI=1S/C24H42O21/c25-1-5-9(26)14(31)18(35)22(43-5)40-3-7-11(28)16(33)20(37)24(45-7)41-4-8-12(29)15(32)19(36)23(44-8)39-2-6-10(27)13(30)17(34)21(38)42-6/h5-38H,1-4H2/t5-,6-,7-,8-,9-,10+,11+,12+,13+,14+,15+,16+,17-,18-,19-,20-,21?,22-,23-,24-/m1/s1. The maximum Gasteiger partial charge on any atom is 0.186 e. The van der Waals surface area contributed by atoms with E-state index < -0.39 is 149 Å². The van der Waals surface area contributed by atoms with Crippen LogP contribution in [0.25, 0.3) is 0 Å². The topological polar surface area (TPSA) is 348 Å². The molecule has 4 heterocycles. The van der Waals surface area contributed by atoms with Gasteiger partial charge in [0.2, 0.25) is 0 Å². The van der Waals surface area contributed by atoms with E-state index >= 15 is 0 Å². The molecule has 20 atom stereocenters. The van der Waals surface area contributed by atoms with E-state index in [1.54, 1.807) is 0 Å². The Kier molecular flexibility index (Phi) is 12.8. The molecule has 45 heavy (non-hydrogen) atoms. The Bertz CT molecular complexity index is 916. The van der Waals surface area contributed by atoms with Gasteiger partial charge in [-0.2, -0.15) is 0 Å². The third-order valence-corrected chi connectivity index (χ3v) is 8.15. The first kappa shape index (κ1) is 37.0. The largest absolute Gasteiger partial charge is 0.394 e. The van der Waals surface area contributed by atoms with Gasteiger partial charge in [0.1, 0.15) is 97.7 Å². The predicted molar refractivity (Wildman–Crippen MR) is 134 cm³/mol. The Morgan fingerprint density at radius 3 is 0.978 bits per heavy atom. The summed E-state index contributed by atoms with van der Waals surface area (Å²) in [6, 6.07) is 0. The highest BCUT2D eigenvalue weighted by atomic mass is 16.7. The fourth-order valence-electron chi connectivity index (χ4n) is 5.23. The second-order valence-electron chi connectivity index (χ2n) is 11.3. The number of hydrogen-bond acceptors (Lipinski definition) is 21. The van der Waals surface area contributed by atoms with Crippen molar-refractivity contribution in [2.45, 2.75) is 123 Å². The molecule has 14 N–H and O–H groups in total. The molecule has 21 heteroatoms. The molecule has 0 aliphatic carbocycles. The van der Waals surface area contributed by atoms with E-state index in [1.807, 2.05) is 0 Å². The highest BCUT2D eigenvalue weighted by molar-refractivity contribution is 4.94. The Hall–Kier alpha value is -0.840. The lowest BCUT2D eigenvalue weighted by Gasteiger charge is -2.44. The van der Waals surface area contributed by atoms with Crippen LogP contribution in [-0.2, 0) is 33.2 Å². The summed E-state index contributed by atoms with van der Waals surface area (Å²) in [6.07, 6.45) is -34.1. The van der Waals surface area contributed by atoms with Crippen molar-refractivity contribution in [3.63, 3.8) is 0 Å². The molecule has 21 nitrogen and oxygen atoms in total. The Balaban J connectivity index is 1.33. The van der Waals surface area contributed by atoms with Crippen LogP contribution in [0, 0.1) is 0 Å². The molecule has 0 bridgehead atoms. The van der Waals surface area contributed by atoms with E-state index in [0.29, 0.717) is 0 Å². The van der Waals surface area contributed by atoms with E-state index in [1.165, 1.54) is 0 Å². The summed E-state index contributed by atoms with van der Waals surface area (Å²) in [7, 11) is 0. The van der Waals surface area contributed by atoms with Crippen molar-refractivity contribution < 1.29 is 105 Å². The highest BCUT2D eigenvalue weighted by Crippen LogP contribution is 2.29. The van der Waals surface area contributed by atoms with Gasteiger partial charge in [-0.25, -0.2) is 0 Å². The van der Waals surface area contributed by atoms with Gasteiger partial charge in [-0.3, -0.25) is 0 Å². The summed E-state index contributed by atoms with van der Waals surface area (Å²) < 4.78 is 37.2. The average molecular weight is 667 g/mol. The van der Waals surface area contributed by atoms with Gasteiger partial charge in [0.05, 0.1) is 26.4 Å². The van der Waals surface area contributed by atoms with Crippen molar-refractivity contribution in [2.75, 3.05) is 26.4 Å². The first-order valence-corrected chi connectivity index (χ1v) is 14.1. The lowest BCUT2D eigenvalue weighted by atomic mass is 9.98. The van der Waals surface area contributed by atoms with Crippen molar-refractivity contribution in [1.29, 1.82) is 0 Å². The quantitative estimate of drug-likeness (QED) is 0.103. The fraction of sp³-hybridized carbons (Fsp3) is 1.00. The van der Waals surface area contributed by atoms with Gasteiger partial charge < -0.3 is 105 Å². The molecule has 4 aliphatic heterocycles. The van der Waals surface area contributed by atoms with E-state index in [-0.39, 0.29) is 0 Å².